The Morgan fingerprint density at radius 1 is 1.21 bits per heavy atom. The van der Waals surface area contributed by atoms with Crippen molar-refractivity contribution in [2.75, 3.05) is 18.2 Å². The third-order valence-electron chi connectivity index (χ3n) is 4.18. The van der Waals surface area contributed by atoms with E-state index in [0.717, 1.165) is 17.1 Å². The van der Waals surface area contributed by atoms with E-state index < -0.39 is 0 Å². The molecule has 0 aliphatic heterocycles. The summed E-state index contributed by atoms with van der Waals surface area (Å²) in [6.07, 6.45) is 0. The third-order valence-corrected chi connectivity index (χ3v) is 5.14. The number of carbonyl (C=O) groups excluding carboxylic acids is 1. The zero-order valence-corrected chi connectivity index (χ0v) is 16.7. The number of carbonyl (C=O) groups is 1. The first-order chi connectivity index (χ1) is 13.5. The number of aromatic nitrogens is 3. The normalized spacial score (nSPS) is 10.7. The summed E-state index contributed by atoms with van der Waals surface area (Å²) in [5, 5.41) is 12.0. The third kappa shape index (κ3) is 4.51. The van der Waals surface area contributed by atoms with Gasteiger partial charge in [-0.05, 0) is 61.9 Å². The van der Waals surface area contributed by atoms with Crippen LogP contribution in [-0.4, -0.2) is 33.5 Å². The zero-order chi connectivity index (χ0) is 20.1. The zero-order valence-electron chi connectivity index (χ0n) is 15.9. The van der Waals surface area contributed by atoms with E-state index in [1.807, 2.05) is 35.8 Å². The number of aryl methyl sites for hydroxylation is 1. The second-order valence-electron chi connectivity index (χ2n) is 6.08. The molecule has 0 saturated heterocycles. The summed E-state index contributed by atoms with van der Waals surface area (Å²) < 4.78 is 20.3. The lowest BCUT2D eigenvalue weighted by atomic mass is 10.2. The van der Waals surface area contributed by atoms with Gasteiger partial charge in [-0.3, -0.25) is 4.79 Å². The van der Waals surface area contributed by atoms with Crippen LogP contribution in [0.5, 0.6) is 5.75 Å². The van der Waals surface area contributed by atoms with E-state index in [-0.39, 0.29) is 17.5 Å². The SMILES string of the molecule is CCn1c(SCC(=O)Nc2ccc(F)cc2C)nnc1-c1ccc(OC)cc1. The van der Waals surface area contributed by atoms with Crippen LogP contribution in [0.2, 0.25) is 0 Å². The Morgan fingerprint density at radius 3 is 2.61 bits per heavy atom. The molecule has 3 aromatic rings. The number of thioether (sulfide) groups is 1. The summed E-state index contributed by atoms with van der Waals surface area (Å²) in [4.78, 5) is 12.3. The standard InChI is InChI=1S/C20H21FN4O2S/c1-4-25-19(14-5-8-16(27-3)9-6-14)23-24-20(25)28-12-18(26)22-17-10-7-15(21)11-13(17)2/h5-11H,4,12H2,1-3H3,(H,22,26). The highest BCUT2D eigenvalue weighted by molar-refractivity contribution is 7.99. The number of anilines is 1. The Labute approximate surface area is 167 Å². The van der Waals surface area contributed by atoms with E-state index in [4.69, 9.17) is 4.74 Å². The topological polar surface area (TPSA) is 69.0 Å². The van der Waals surface area contributed by atoms with Gasteiger partial charge in [0.05, 0.1) is 12.9 Å². The first-order valence-electron chi connectivity index (χ1n) is 8.78. The summed E-state index contributed by atoms with van der Waals surface area (Å²) in [5.41, 5.74) is 2.20. The van der Waals surface area contributed by atoms with Crippen molar-refractivity contribution in [3.8, 4) is 17.1 Å². The molecule has 0 bridgehead atoms. The lowest BCUT2D eigenvalue weighted by Gasteiger charge is -2.09. The van der Waals surface area contributed by atoms with Gasteiger partial charge >= 0.3 is 0 Å². The first kappa shape index (κ1) is 19.9. The highest BCUT2D eigenvalue weighted by atomic mass is 32.2. The van der Waals surface area contributed by atoms with Gasteiger partial charge in [-0.2, -0.15) is 0 Å². The van der Waals surface area contributed by atoms with E-state index in [1.165, 1.54) is 23.9 Å². The Morgan fingerprint density at radius 2 is 1.96 bits per heavy atom. The fourth-order valence-corrected chi connectivity index (χ4v) is 3.52. The van der Waals surface area contributed by atoms with Crippen molar-refractivity contribution in [3.63, 3.8) is 0 Å². The number of benzene rings is 2. The average molecular weight is 400 g/mol. The van der Waals surface area contributed by atoms with E-state index >= 15 is 0 Å². The molecule has 3 rings (SSSR count). The van der Waals surface area contributed by atoms with Crippen LogP contribution in [0.15, 0.2) is 47.6 Å². The minimum Gasteiger partial charge on any atom is -0.497 e. The summed E-state index contributed by atoms with van der Waals surface area (Å²) in [7, 11) is 1.62. The van der Waals surface area contributed by atoms with E-state index in [2.05, 4.69) is 15.5 Å². The van der Waals surface area contributed by atoms with Gasteiger partial charge in [0.1, 0.15) is 11.6 Å². The number of nitrogens with zero attached hydrogens (tertiary/aromatic N) is 3. The van der Waals surface area contributed by atoms with Gasteiger partial charge in [-0.1, -0.05) is 11.8 Å². The van der Waals surface area contributed by atoms with Crippen LogP contribution in [0, 0.1) is 12.7 Å². The number of amides is 1. The molecule has 0 aliphatic rings. The van der Waals surface area contributed by atoms with Crippen molar-refractivity contribution in [1.29, 1.82) is 0 Å². The number of rotatable bonds is 7. The first-order valence-corrected chi connectivity index (χ1v) is 9.76. The molecule has 6 nitrogen and oxygen atoms in total. The van der Waals surface area contributed by atoms with Crippen LogP contribution in [0.4, 0.5) is 10.1 Å². The second-order valence-corrected chi connectivity index (χ2v) is 7.02. The van der Waals surface area contributed by atoms with Gasteiger partial charge in [0.25, 0.3) is 0 Å². The summed E-state index contributed by atoms with van der Waals surface area (Å²) >= 11 is 1.31. The molecular weight excluding hydrogens is 379 g/mol. The molecule has 28 heavy (non-hydrogen) atoms. The quantitative estimate of drug-likeness (QED) is 0.604. The van der Waals surface area contributed by atoms with Gasteiger partial charge in [0.2, 0.25) is 5.91 Å². The minimum atomic E-state index is -0.327. The summed E-state index contributed by atoms with van der Waals surface area (Å²) in [6.45, 7) is 4.43. The van der Waals surface area contributed by atoms with Crippen molar-refractivity contribution in [1.82, 2.24) is 14.8 Å². The maximum absolute atomic E-state index is 13.2. The number of ether oxygens (including phenoxy) is 1. The second kappa shape index (κ2) is 8.88. The molecule has 0 aliphatic carbocycles. The van der Waals surface area contributed by atoms with Crippen LogP contribution in [-0.2, 0) is 11.3 Å². The van der Waals surface area contributed by atoms with Crippen molar-refractivity contribution in [2.24, 2.45) is 0 Å². The summed E-state index contributed by atoms with van der Waals surface area (Å²) in [5.74, 6) is 1.18. The maximum atomic E-state index is 13.2. The largest absolute Gasteiger partial charge is 0.497 e. The van der Waals surface area contributed by atoms with E-state index in [1.54, 1.807) is 20.1 Å². The molecule has 0 radical (unpaired) electrons. The molecule has 1 heterocycles. The smallest absolute Gasteiger partial charge is 0.234 e. The number of nitrogens with one attached hydrogen (secondary N) is 1. The van der Waals surface area contributed by atoms with Crippen molar-refractivity contribution in [2.45, 2.75) is 25.5 Å². The van der Waals surface area contributed by atoms with Crippen LogP contribution < -0.4 is 10.1 Å². The number of methoxy groups -OCH3 is 1. The minimum absolute atomic E-state index is 0.178. The fraction of sp³-hybridized carbons (Fsp3) is 0.250. The molecule has 1 amide bonds. The van der Waals surface area contributed by atoms with Gasteiger partial charge in [0.15, 0.2) is 11.0 Å². The number of hydrogen-bond acceptors (Lipinski definition) is 5. The van der Waals surface area contributed by atoms with E-state index in [0.29, 0.717) is 23.0 Å². The molecule has 0 atom stereocenters. The fourth-order valence-electron chi connectivity index (χ4n) is 2.72. The molecule has 0 spiro atoms. The monoisotopic (exact) mass is 400 g/mol. The van der Waals surface area contributed by atoms with Crippen molar-refractivity contribution < 1.29 is 13.9 Å². The van der Waals surface area contributed by atoms with Gasteiger partial charge in [0, 0.05) is 17.8 Å². The lowest BCUT2D eigenvalue weighted by Crippen LogP contribution is -2.15. The maximum Gasteiger partial charge on any atom is 0.234 e. The number of halogens is 1. The van der Waals surface area contributed by atoms with Gasteiger partial charge < -0.3 is 14.6 Å². The Kier molecular flexibility index (Phi) is 6.30. The Hall–Kier alpha value is -2.87. The predicted octanol–water partition coefficient (Wildman–Crippen LogP) is 4.15. The molecule has 146 valence electrons. The lowest BCUT2D eigenvalue weighted by molar-refractivity contribution is -0.113. The molecule has 0 unspecified atom stereocenters. The molecule has 0 saturated carbocycles. The molecule has 1 aromatic heterocycles. The van der Waals surface area contributed by atoms with Gasteiger partial charge in [-0.25, -0.2) is 4.39 Å². The molecule has 8 heteroatoms. The highest BCUT2D eigenvalue weighted by Gasteiger charge is 2.15. The molecule has 2 aromatic carbocycles. The average Bonchev–Trinajstić information content (AvgIpc) is 3.11. The summed E-state index contributed by atoms with van der Waals surface area (Å²) in [6, 6.07) is 11.9. The van der Waals surface area contributed by atoms with Crippen LogP contribution >= 0.6 is 11.8 Å². The number of hydrogen-bond donors (Lipinski definition) is 1. The molecule has 1 N–H and O–H groups in total. The van der Waals surface area contributed by atoms with Gasteiger partial charge in [-0.15, -0.1) is 10.2 Å². The van der Waals surface area contributed by atoms with Crippen LogP contribution in [0.25, 0.3) is 11.4 Å². The van der Waals surface area contributed by atoms with Crippen molar-refractivity contribution in [3.05, 3.63) is 53.8 Å². The molecule has 0 fully saturated rings. The Balaban J connectivity index is 1.68. The van der Waals surface area contributed by atoms with E-state index in [9.17, 15) is 9.18 Å². The predicted molar refractivity (Wildman–Crippen MR) is 108 cm³/mol. The molecular formula is C20H21FN4O2S. The van der Waals surface area contributed by atoms with Crippen molar-refractivity contribution >= 4 is 23.4 Å². The van der Waals surface area contributed by atoms with Crippen LogP contribution in [0.3, 0.4) is 0 Å². The van der Waals surface area contributed by atoms with Crippen LogP contribution in [0.1, 0.15) is 12.5 Å². The Bertz CT molecular complexity index is 973. The highest BCUT2D eigenvalue weighted by Crippen LogP contribution is 2.26.